The summed E-state index contributed by atoms with van der Waals surface area (Å²) in [6, 6.07) is 4.54. The van der Waals surface area contributed by atoms with Crippen molar-refractivity contribution in [1.82, 2.24) is 15.1 Å². The van der Waals surface area contributed by atoms with Crippen molar-refractivity contribution in [1.29, 1.82) is 0 Å². The van der Waals surface area contributed by atoms with Crippen molar-refractivity contribution in [3.05, 3.63) is 35.4 Å². The topological polar surface area (TPSA) is 55.8 Å². The summed E-state index contributed by atoms with van der Waals surface area (Å²) in [5, 5.41) is 13.0. The van der Waals surface area contributed by atoms with Crippen LogP contribution in [0.4, 0.5) is 18.0 Å². The van der Waals surface area contributed by atoms with Crippen molar-refractivity contribution in [2.24, 2.45) is 0 Å². The number of likely N-dealkylation sites (N-methyl/N-ethyl adjacent to an activating group) is 1. The lowest BCUT2D eigenvalue weighted by Gasteiger charge is -2.28. The summed E-state index contributed by atoms with van der Waals surface area (Å²) in [4.78, 5) is 15.9. The Hall–Kier alpha value is -1.80. The van der Waals surface area contributed by atoms with Gasteiger partial charge in [-0.2, -0.15) is 13.2 Å². The third-order valence-electron chi connectivity index (χ3n) is 5.02. The smallest absolute Gasteiger partial charge is 0.390 e. The van der Waals surface area contributed by atoms with E-state index in [1.807, 2.05) is 0 Å². The van der Waals surface area contributed by atoms with E-state index in [2.05, 4.69) is 5.32 Å². The van der Waals surface area contributed by atoms with Crippen molar-refractivity contribution >= 4 is 6.03 Å². The lowest BCUT2D eigenvalue weighted by atomic mass is 9.98. The van der Waals surface area contributed by atoms with E-state index in [1.54, 1.807) is 36.9 Å². The molecule has 0 saturated carbocycles. The summed E-state index contributed by atoms with van der Waals surface area (Å²) in [6.07, 6.45) is -2.54. The standard InChI is InChI=1S/C19H28F3N3O2/c1-18(27)8-5-10-25(11-9-18)17(26)23-13-16(24(2)3)14-6-4-7-15(12-14)19(20,21)22/h4,6-7,12,16,27H,5,8-11,13H2,1-3H3,(H,23,26). The van der Waals surface area contributed by atoms with Gasteiger partial charge in [0.1, 0.15) is 0 Å². The molecule has 8 heteroatoms. The van der Waals surface area contributed by atoms with E-state index in [0.717, 1.165) is 12.1 Å². The number of nitrogens with one attached hydrogen (secondary N) is 1. The minimum Gasteiger partial charge on any atom is -0.390 e. The van der Waals surface area contributed by atoms with Crippen LogP contribution in [0.25, 0.3) is 0 Å². The second-order valence-corrected chi connectivity index (χ2v) is 7.63. The van der Waals surface area contributed by atoms with Gasteiger partial charge in [-0.15, -0.1) is 0 Å². The highest BCUT2D eigenvalue weighted by atomic mass is 19.4. The van der Waals surface area contributed by atoms with Crippen LogP contribution in [0, 0.1) is 0 Å². The Bertz CT molecular complexity index is 647. The second-order valence-electron chi connectivity index (χ2n) is 7.63. The summed E-state index contributed by atoms with van der Waals surface area (Å²) in [6.45, 7) is 2.97. The molecule has 1 aromatic carbocycles. The Morgan fingerprint density at radius 2 is 2.04 bits per heavy atom. The maximum absolute atomic E-state index is 13.0. The number of likely N-dealkylation sites (tertiary alicyclic amines) is 1. The molecule has 2 unspecified atom stereocenters. The second kappa shape index (κ2) is 8.48. The number of aliphatic hydroxyl groups is 1. The molecule has 2 N–H and O–H groups in total. The van der Waals surface area contributed by atoms with Gasteiger partial charge in [0, 0.05) is 19.6 Å². The minimum atomic E-state index is -4.40. The van der Waals surface area contributed by atoms with E-state index >= 15 is 0 Å². The number of halogens is 3. The van der Waals surface area contributed by atoms with Crippen LogP contribution in [0.3, 0.4) is 0 Å². The van der Waals surface area contributed by atoms with Gasteiger partial charge < -0.3 is 20.2 Å². The van der Waals surface area contributed by atoms with Gasteiger partial charge in [-0.3, -0.25) is 0 Å². The van der Waals surface area contributed by atoms with Crippen LogP contribution in [-0.2, 0) is 6.18 Å². The first-order valence-electron chi connectivity index (χ1n) is 9.08. The largest absolute Gasteiger partial charge is 0.416 e. The van der Waals surface area contributed by atoms with Crippen molar-refractivity contribution in [3.63, 3.8) is 0 Å². The maximum atomic E-state index is 13.0. The first-order chi connectivity index (χ1) is 12.5. The van der Waals surface area contributed by atoms with E-state index in [4.69, 9.17) is 0 Å². The summed E-state index contributed by atoms with van der Waals surface area (Å²) < 4.78 is 38.9. The quantitative estimate of drug-likeness (QED) is 0.834. The van der Waals surface area contributed by atoms with Gasteiger partial charge in [0.05, 0.1) is 17.2 Å². The number of alkyl halides is 3. The van der Waals surface area contributed by atoms with Crippen molar-refractivity contribution in [2.45, 2.75) is 44.0 Å². The summed E-state index contributed by atoms with van der Waals surface area (Å²) in [5.74, 6) is 0. The highest BCUT2D eigenvalue weighted by Crippen LogP contribution is 2.31. The predicted molar refractivity (Wildman–Crippen MR) is 97.3 cm³/mol. The molecular formula is C19H28F3N3O2. The fraction of sp³-hybridized carbons (Fsp3) is 0.632. The van der Waals surface area contributed by atoms with Crippen molar-refractivity contribution < 1.29 is 23.1 Å². The molecular weight excluding hydrogens is 359 g/mol. The van der Waals surface area contributed by atoms with E-state index in [9.17, 15) is 23.1 Å². The Morgan fingerprint density at radius 1 is 1.33 bits per heavy atom. The fourth-order valence-corrected chi connectivity index (χ4v) is 3.28. The Kier molecular flexibility index (Phi) is 6.75. The molecule has 1 heterocycles. The highest BCUT2D eigenvalue weighted by molar-refractivity contribution is 5.74. The maximum Gasteiger partial charge on any atom is 0.416 e. The molecule has 2 atom stereocenters. The molecule has 0 spiro atoms. The summed E-state index contributed by atoms with van der Waals surface area (Å²) in [7, 11) is 3.53. The molecule has 27 heavy (non-hydrogen) atoms. The van der Waals surface area contributed by atoms with E-state index in [-0.39, 0.29) is 18.6 Å². The van der Waals surface area contributed by atoms with Crippen LogP contribution in [0.1, 0.15) is 43.4 Å². The molecule has 0 aliphatic carbocycles. The summed E-state index contributed by atoms with van der Waals surface area (Å²) >= 11 is 0. The molecule has 1 aliphatic rings. The number of urea groups is 1. The van der Waals surface area contributed by atoms with Gasteiger partial charge in [-0.25, -0.2) is 4.79 Å². The van der Waals surface area contributed by atoms with Crippen molar-refractivity contribution in [2.75, 3.05) is 33.7 Å². The number of hydrogen-bond acceptors (Lipinski definition) is 3. The molecule has 1 aliphatic heterocycles. The van der Waals surface area contributed by atoms with Crippen LogP contribution < -0.4 is 5.32 Å². The number of nitrogens with zero attached hydrogens (tertiary/aromatic N) is 2. The Balaban J connectivity index is 2.04. The monoisotopic (exact) mass is 387 g/mol. The fourth-order valence-electron chi connectivity index (χ4n) is 3.28. The molecule has 0 aromatic heterocycles. The molecule has 2 amide bonds. The van der Waals surface area contributed by atoms with E-state index in [0.29, 0.717) is 37.9 Å². The molecule has 152 valence electrons. The third kappa shape index (κ3) is 6.10. The van der Waals surface area contributed by atoms with Gasteiger partial charge in [0.2, 0.25) is 0 Å². The van der Waals surface area contributed by atoms with Gasteiger partial charge >= 0.3 is 12.2 Å². The number of carbonyl (C=O) groups is 1. The highest BCUT2D eigenvalue weighted by Gasteiger charge is 2.31. The number of carbonyl (C=O) groups excluding carboxylic acids is 1. The zero-order valence-electron chi connectivity index (χ0n) is 16.0. The molecule has 0 radical (unpaired) electrons. The predicted octanol–water partition coefficient (Wildman–Crippen LogP) is 3.25. The first kappa shape index (κ1) is 21.5. The van der Waals surface area contributed by atoms with Gasteiger partial charge in [-0.05, 0) is 58.0 Å². The van der Waals surface area contributed by atoms with Crippen LogP contribution in [0.5, 0.6) is 0 Å². The first-order valence-corrected chi connectivity index (χ1v) is 9.08. The van der Waals surface area contributed by atoms with Crippen LogP contribution in [0.2, 0.25) is 0 Å². The minimum absolute atomic E-state index is 0.194. The van der Waals surface area contributed by atoms with E-state index < -0.39 is 17.3 Å². The molecule has 1 saturated heterocycles. The van der Waals surface area contributed by atoms with Gasteiger partial charge in [0.15, 0.2) is 0 Å². The number of amides is 2. The number of hydrogen-bond donors (Lipinski definition) is 2. The number of benzene rings is 1. The Labute approximate surface area is 158 Å². The molecule has 2 rings (SSSR count). The molecule has 1 fully saturated rings. The normalized spacial score (nSPS) is 22.4. The van der Waals surface area contributed by atoms with Gasteiger partial charge in [0.25, 0.3) is 0 Å². The third-order valence-corrected chi connectivity index (χ3v) is 5.02. The van der Waals surface area contributed by atoms with Crippen molar-refractivity contribution in [3.8, 4) is 0 Å². The van der Waals surface area contributed by atoms with E-state index in [1.165, 1.54) is 6.07 Å². The molecule has 5 nitrogen and oxygen atoms in total. The summed E-state index contributed by atoms with van der Waals surface area (Å²) in [5.41, 5.74) is -0.971. The van der Waals surface area contributed by atoms with Crippen LogP contribution >= 0.6 is 0 Å². The van der Waals surface area contributed by atoms with Crippen LogP contribution in [-0.4, -0.2) is 60.3 Å². The zero-order valence-corrected chi connectivity index (χ0v) is 16.0. The number of rotatable bonds is 4. The average molecular weight is 387 g/mol. The molecule has 1 aromatic rings. The Morgan fingerprint density at radius 3 is 2.67 bits per heavy atom. The van der Waals surface area contributed by atoms with Crippen LogP contribution in [0.15, 0.2) is 24.3 Å². The zero-order chi connectivity index (χ0) is 20.2. The SMILES string of the molecule is CN(C)C(CNC(=O)N1CCCC(C)(O)CC1)c1cccc(C(F)(F)F)c1. The van der Waals surface area contributed by atoms with Gasteiger partial charge in [-0.1, -0.05) is 12.1 Å². The average Bonchev–Trinajstić information content (AvgIpc) is 2.75. The molecule has 0 bridgehead atoms. The lowest BCUT2D eigenvalue weighted by Crippen LogP contribution is -2.44. The lowest BCUT2D eigenvalue weighted by molar-refractivity contribution is -0.137.